The Balaban J connectivity index is 0.00000363. The highest BCUT2D eigenvalue weighted by molar-refractivity contribution is 14.0. The van der Waals surface area contributed by atoms with E-state index < -0.39 is 0 Å². The first kappa shape index (κ1) is 25.8. The molecule has 0 aliphatic carbocycles. The quantitative estimate of drug-likeness (QED) is 0.279. The number of ether oxygens (including phenoxy) is 2. The van der Waals surface area contributed by atoms with Crippen LogP contribution in [0.1, 0.15) is 37.8 Å². The molecule has 0 radical (unpaired) electrons. The summed E-state index contributed by atoms with van der Waals surface area (Å²) in [6, 6.07) is 14.0. The molecule has 174 valence electrons. The fourth-order valence-corrected chi connectivity index (χ4v) is 3.50. The van der Waals surface area contributed by atoms with Gasteiger partial charge in [-0.3, -0.25) is 4.79 Å². The Morgan fingerprint density at radius 2 is 1.81 bits per heavy atom. The summed E-state index contributed by atoms with van der Waals surface area (Å²) < 4.78 is 11.0. The Morgan fingerprint density at radius 3 is 2.44 bits per heavy atom. The van der Waals surface area contributed by atoms with Crippen molar-refractivity contribution >= 4 is 41.5 Å². The Labute approximate surface area is 207 Å². The smallest absolute Gasteiger partial charge is 0.227 e. The number of nitrogens with zero attached hydrogens (tertiary/aromatic N) is 2. The Kier molecular flexibility index (Phi) is 10.6. The molecule has 32 heavy (non-hydrogen) atoms. The predicted molar refractivity (Wildman–Crippen MR) is 139 cm³/mol. The average molecular weight is 552 g/mol. The van der Waals surface area contributed by atoms with Gasteiger partial charge in [0.15, 0.2) is 17.5 Å². The first-order valence-electron chi connectivity index (χ1n) is 10.9. The average Bonchev–Trinajstić information content (AvgIpc) is 3.22. The molecule has 1 aliphatic heterocycles. The van der Waals surface area contributed by atoms with Gasteiger partial charge in [-0.2, -0.15) is 0 Å². The summed E-state index contributed by atoms with van der Waals surface area (Å²) in [6.07, 6.45) is 1.58. The molecule has 0 atom stereocenters. The maximum absolute atomic E-state index is 11.9. The number of benzene rings is 2. The van der Waals surface area contributed by atoms with Gasteiger partial charge >= 0.3 is 0 Å². The Bertz CT molecular complexity index is 903. The molecule has 0 unspecified atom stereocenters. The normalized spacial score (nSPS) is 13.5. The third-order valence-corrected chi connectivity index (χ3v) is 5.07. The molecule has 0 bridgehead atoms. The molecule has 1 saturated heterocycles. The van der Waals surface area contributed by atoms with Crippen molar-refractivity contribution in [1.82, 2.24) is 10.6 Å². The number of methoxy groups -OCH3 is 1. The van der Waals surface area contributed by atoms with Crippen molar-refractivity contribution in [3.05, 3.63) is 53.6 Å². The molecule has 0 aromatic heterocycles. The minimum absolute atomic E-state index is 0. The molecule has 2 aromatic rings. The van der Waals surface area contributed by atoms with Crippen LogP contribution in [0.15, 0.2) is 47.5 Å². The van der Waals surface area contributed by atoms with Crippen LogP contribution in [0.25, 0.3) is 0 Å². The number of rotatable bonds is 9. The van der Waals surface area contributed by atoms with Gasteiger partial charge in [-0.1, -0.05) is 18.2 Å². The largest absolute Gasteiger partial charge is 0.493 e. The fourth-order valence-electron chi connectivity index (χ4n) is 3.50. The third kappa shape index (κ3) is 7.01. The minimum Gasteiger partial charge on any atom is -0.493 e. The van der Waals surface area contributed by atoms with Crippen molar-refractivity contribution in [1.29, 1.82) is 0 Å². The number of amides is 1. The van der Waals surface area contributed by atoms with Crippen LogP contribution in [0.2, 0.25) is 0 Å². The SMILES string of the molecule is CCNC(=NCc1ccc(OCC)c(OC)c1)NCc1ccc(N2CCCC2=O)cc1.I. The fraction of sp³-hybridized carbons (Fsp3) is 0.417. The van der Waals surface area contributed by atoms with Gasteiger partial charge in [-0.15, -0.1) is 24.0 Å². The number of hydrogen-bond donors (Lipinski definition) is 2. The second-order valence-electron chi connectivity index (χ2n) is 7.28. The molecule has 0 saturated carbocycles. The molecular weight excluding hydrogens is 519 g/mol. The molecule has 3 rings (SSSR count). The summed E-state index contributed by atoms with van der Waals surface area (Å²) in [4.78, 5) is 18.4. The van der Waals surface area contributed by atoms with Crippen molar-refractivity contribution in [2.75, 3.05) is 31.7 Å². The van der Waals surface area contributed by atoms with E-state index in [1.165, 1.54) is 0 Å². The summed E-state index contributed by atoms with van der Waals surface area (Å²) >= 11 is 0. The number of guanidine groups is 1. The van der Waals surface area contributed by atoms with Crippen molar-refractivity contribution in [2.24, 2.45) is 4.99 Å². The second kappa shape index (κ2) is 13.1. The number of aliphatic imine (C=N–C) groups is 1. The Morgan fingerprint density at radius 1 is 1.06 bits per heavy atom. The monoisotopic (exact) mass is 552 g/mol. The zero-order valence-corrected chi connectivity index (χ0v) is 21.3. The first-order valence-corrected chi connectivity index (χ1v) is 10.9. The van der Waals surface area contributed by atoms with Gasteiger partial charge in [0.1, 0.15) is 0 Å². The highest BCUT2D eigenvalue weighted by Gasteiger charge is 2.21. The van der Waals surface area contributed by atoms with E-state index in [2.05, 4.69) is 27.8 Å². The van der Waals surface area contributed by atoms with E-state index in [0.717, 1.165) is 48.0 Å². The molecule has 1 amide bonds. The standard InChI is InChI=1S/C24H32N4O3.HI/c1-4-25-24(27-17-19-10-13-21(31-5-2)22(15-19)30-3)26-16-18-8-11-20(12-9-18)28-14-6-7-23(28)29;/h8-13,15H,4-7,14,16-17H2,1-3H3,(H2,25,26,27);1H. The van der Waals surface area contributed by atoms with Crippen LogP contribution in [0.5, 0.6) is 11.5 Å². The van der Waals surface area contributed by atoms with Gasteiger partial charge in [-0.25, -0.2) is 4.99 Å². The van der Waals surface area contributed by atoms with Crippen LogP contribution in [0.4, 0.5) is 5.69 Å². The van der Waals surface area contributed by atoms with Gasteiger partial charge in [0.05, 0.1) is 20.3 Å². The number of halogens is 1. The number of carbonyl (C=O) groups excluding carboxylic acids is 1. The maximum Gasteiger partial charge on any atom is 0.227 e. The summed E-state index contributed by atoms with van der Waals surface area (Å²) in [5, 5.41) is 6.64. The topological polar surface area (TPSA) is 75.2 Å². The molecule has 2 aromatic carbocycles. The van der Waals surface area contributed by atoms with E-state index in [1.54, 1.807) is 7.11 Å². The minimum atomic E-state index is 0. The summed E-state index contributed by atoms with van der Waals surface area (Å²) in [7, 11) is 1.64. The van der Waals surface area contributed by atoms with Crippen LogP contribution in [0, 0.1) is 0 Å². The van der Waals surface area contributed by atoms with Crippen LogP contribution < -0.4 is 25.0 Å². The van der Waals surface area contributed by atoms with Gasteiger partial charge in [-0.05, 0) is 55.7 Å². The third-order valence-electron chi connectivity index (χ3n) is 5.07. The maximum atomic E-state index is 11.9. The van der Waals surface area contributed by atoms with Gasteiger partial charge in [0.25, 0.3) is 0 Å². The van der Waals surface area contributed by atoms with Crippen LogP contribution in [-0.2, 0) is 17.9 Å². The van der Waals surface area contributed by atoms with E-state index in [-0.39, 0.29) is 29.9 Å². The molecule has 1 heterocycles. The lowest BCUT2D eigenvalue weighted by Crippen LogP contribution is -2.36. The van der Waals surface area contributed by atoms with E-state index in [9.17, 15) is 4.79 Å². The summed E-state index contributed by atoms with van der Waals surface area (Å²) in [5.41, 5.74) is 3.14. The van der Waals surface area contributed by atoms with E-state index in [0.29, 0.717) is 31.9 Å². The Hall–Kier alpha value is -2.49. The molecular formula is C24H33IN4O3. The lowest BCUT2D eigenvalue weighted by Gasteiger charge is -2.16. The molecule has 2 N–H and O–H groups in total. The lowest BCUT2D eigenvalue weighted by atomic mass is 10.2. The first-order chi connectivity index (χ1) is 15.1. The van der Waals surface area contributed by atoms with Crippen LogP contribution in [-0.4, -0.2) is 38.7 Å². The highest BCUT2D eigenvalue weighted by atomic mass is 127. The van der Waals surface area contributed by atoms with Crippen molar-refractivity contribution in [3.8, 4) is 11.5 Å². The summed E-state index contributed by atoms with van der Waals surface area (Å²) in [6.45, 7) is 7.33. The lowest BCUT2D eigenvalue weighted by molar-refractivity contribution is -0.117. The molecule has 1 aliphatic rings. The van der Waals surface area contributed by atoms with E-state index in [1.807, 2.05) is 49.1 Å². The van der Waals surface area contributed by atoms with Crippen LogP contribution in [0.3, 0.4) is 0 Å². The predicted octanol–water partition coefficient (Wildman–Crippen LogP) is 4.09. The highest BCUT2D eigenvalue weighted by Crippen LogP contribution is 2.28. The van der Waals surface area contributed by atoms with E-state index in [4.69, 9.17) is 9.47 Å². The van der Waals surface area contributed by atoms with Crippen molar-refractivity contribution in [3.63, 3.8) is 0 Å². The van der Waals surface area contributed by atoms with Gasteiger partial charge in [0.2, 0.25) is 5.91 Å². The molecule has 0 spiro atoms. The molecule has 8 heteroatoms. The zero-order valence-electron chi connectivity index (χ0n) is 19.0. The summed E-state index contributed by atoms with van der Waals surface area (Å²) in [5.74, 6) is 2.40. The van der Waals surface area contributed by atoms with Crippen molar-refractivity contribution < 1.29 is 14.3 Å². The van der Waals surface area contributed by atoms with Crippen molar-refractivity contribution in [2.45, 2.75) is 39.8 Å². The van der Waals surface area contributed by atoms with Gasteiger partial charge < -0.3 is 25.0 Å². The second-order valence-corrected chi connectivity index (χ2v) is 7.28. The molecule has 7 nitrogen and oxygen atoms in total. The number of carbonyl (C=O) groups is 1. The number of anilines is 1. The number of nitrogens with one attached hydrogen (secondary N) is 2. The van der Waals surface area contributed by atoms with E-state index >= 15 is 0 Å². The van der Waals surface area contributed by atoms with Gasteiger partial charge in [0, 0.05) is 31.7 Å². The zero-order chi connectivity index (χ0) is 22.1. The molecule has 1 fully saturated rings. The van der Waals surface area contributed by atoms with Crippen LogP contribution >= 0.6 is 24.0 Å². The number of hydrogen-bond acceptors (Lipinski definition) is 4.